The second kappa shape index (κ2) is 7.70. The highest BCUT2D eigenvalue weighted by molar-refractivity contribution is 6.09. The lowest BCUT2D eigenvalue weighted by atomic mass is 9.73. The van der Waals surface area contributed by atoms with Gasteiger partial charge in [-0.15, -0.1) is 0 Å². The van der Waals surface area contributed by atoms with Gasteiger partial charge in [-0.2, -0.15) is 0 Å². The van der Waals surface area contributed by atoms with Crippen LogP contribution >= 0.6 is 0 Å². The number of urea groups is 1. The first-order valence-electron chi connectivity index (χ1n) is 11.5. The number of aromatic nitrogens is 1. The first kappa shape index (κ1) is 20.1. The Balaban J connectivity index is 1.22. The number of aromatic amines is 1. The van der Waals surface area contributed by atoms with Crippen LogP contribution in [0.2, 0.25) is 0 Å². The summed E-state index contributed by atoms with van der Waals surface area (Å²) in [6.45, 7) is 3.16. The number of benzene rings is 1. The molecule has 2 N–H and O–H groups in total. The van der Waals surface area contributed by atoms with Crippen LogP contribution in [0.5, 0.6) is 0 Å². The van der Waals surface area contributed by atoms with Crippen LogP contribution in [0.25, 0.3) is 10.9 Å². The van der Waals surface area contributed by atoms with Gasteiger partial charge in [0.2, 0.25) is 5.91 Å². The summed E-state index contributed by atoms with van der Waals surface area (Å²) in [6, 6.07) is 7.88. The minimum Gasteiger partial charge on any atom is -0.361 e. The summed E-state index contributed by atoms with van der Waals surface area (Å²) >= 11 is 0. The number of para-hydroxylation sites is 1. The summed E-state index contributed by atoms with van der Waals surface area (Å²) < 4.78 is 0. The largest absolute Gasteiger partial charge is 0.361 e. The van der Waals surface area contributed by atoms with Gasteiger partial charge in [0.15, 0.2) is 0 Å². The summed E-state index contributed by atoms with van der Waals surface area (Å²) in [4.78, 5) is 44.9. The van der Waals surface area contributed by atoms with Crippen LogP contribution in [0.4, 0.5) is 4.79 Å². The third-order valence-electron chi connectivity index (χ3n) is 7.70. The molecule has 0 radical (unpaired) electrons. The first-order valence-corrected chi connectivity index (χ1v) is 11.5. The quantitative estimate of drug-likeness (QED) is 0.744. The number of hydrogen-bond acceptors (Lipinski definition) is 3. The van der Waals surface area contributed by atoms with Crippen molar-refractivity contribution in [2.24, 2.45) is 5.92 Å². The molecule has 2 aromatic rings. The highest BCUT2D eigenvalue weighted by atomic mass is 16.2. The molecule has 1 spiro atoms. The zero-order valence-corrected chi connectivity index (χ0v) is 18.0. The van der Waals surface area contributed by atoms with Crippen molar-refractivity contribution in [1.82, 2.24) is 20.1 Å². The molecule has 3 aliphatic rings. The van der Waals surface area contributed by atoms with E-state index >= 15 is 0 Å². The van der Waals surface area contributed by atoms with Crippen molar-refractivity contribution in [3.8, 4) is 0 Å². The van der Waals surface area contributed by atoms with Crippen molar-refractivity contribution in [2.45, 2.75) is 56.9 Å². The van der Waals surface area contributed by atoms with Crippen molar-refractivity contribution in [3.63, 3.8) is 0 Å². The van der Waals surface area contributed by atoms with Gasteiger partial charge in [-0.3, -0.25) is 14.5 Å². The van der Waals surface area contributed by atoms with Crippen LogP contribution in [-0.2, 0) is 9.59 Å². The summed E-state index contributed by atoms with van der Waals surface area (Å²) in [7, 11) is 0. The van der Waals surface area contributed by atoms with E-state index in [-0.39, 0.29) is 24.3 Å². The predicted octanol–water partition coefficient (Wildman–Crippen LogP) is 3.37. The fourth-order valence-corrected chi connectivity index (χ4v) is 5.75. The normalized spacial score (nSPS) is 27.3. The number of H-pyrrole nitrogens is 1. The second-order valence-electron chi connectivity index (χ2n) is 9.38. The lowest BCUT2D eigenvalue weighted by Gasteiger charge is -2.37. The van der Waals surface area contributed by atoms with Gasteiger partial charge in [0, 0.05) is 30.2 Å². The summed E-state index contributed by atoms with van der Waals surface area (Å²) in [5.74, 6) is 0.154. The SMILES string of the molecule is C[C@H]1CCCC[C@@]12NC(=O)N(CC(=O)N1CCC(c3c[nH]c4ccccc34)CC1)C2=O. The molecule has 1 saturated carbocycles. The molecule has 2 saturated heterocycles. The molecule has 2 atom stereocenters. The maximum atomic E-state index is 13.1. The Morgan fingerprint density at radius 1 is 1.13 bits per heavy atom. The smallest absolute Gasteiger partial charge is 0.325 e. The van der Waals surface area contributed by atoms with E-state index in [0.717, 1.165) is 42.5 Å². The molecule has 7 nitrogen and oxygen atoms in total. The number of rotatable bonds is 3. The molecule has 3 heterocycles. The standard InChI is InChI=1S/C24H30N4O3/c1-16-6-4-5-11-24(16)22(30)28(23(31)26-24)15-21(29)27-12-9-17(10-13-27)19-14-25-20-8-3-2-7-18(19)20/h2-3,7-8,14,16-17,25H,4-6,9-13,15H2,1H3,(H,26,31)/t16-,24+/m0/s1. The topological polar surface area (TPSA) is 85.5 Å². The van der Waals surface area contributed by atoms with E-state index in [1.165, 1.54) is 10.9 Å². The van der Waals surface area contributed by atoms with Gasteiger partial charge in [-0.25, -0.2) is 4.79 Å². The number of amides is 4. The van der Waals surface area contributed by atoms with Crippen LogP contribution < -0.4 is 5.32 Å². The summed E-state index contributed by atoms with van der Waals surface area (Å²) in [6.07, 6.45) is 7.46. The predicted molar refractivity (Wildman–Crippen MR) is 117 cm³/mol. The highest BCUT2D eigenvalue weighted by Gasteiger charge is 2.55. The van der Waals surface area contributed by atoms with Crippen molar-refractivity contribution in [3.05, 3.63) is 36.0 Å². The number of nitrogens with one attached hydrogen (secondary N) is 2. The molecule has 31 heavy (non-hydrogen) atoms. The Bertz CT molecular complexity index is 1020. The van der Waals surface area contributed by atoms with E-state index in [0.29, 0.717) is 25.4 Å². The number of fused-ring (bicyclic) bond motifs is 1. The van der Waals surface area contributed by atoms with Crippen molar-refractivity contribution < 1.29 is 14.4 Å². The van der Waals surface area contributed by atoms with Gasteiger partial charge in [-0.05, 0) is 49.1 Å². The average molecular weight is 423 g/mol. The molecule has 0 unspecified atom stereocenters. The minimum atomic E-state index is -0.808. The van der Waals surface area contributed by atoms with E-state index in [1.807, 2.05) is 13.0 Å². The maximum absolute atomic E-state index is 13.1. The number of hydrogen-bond donors (Lipinski definition) is 2. The van der Waals surface area contributed by atoms with Crippen LogP contribution in [0.15, 0.2) is 30.5 Å². The Kier molecular flexibility index (Phi) is 4.99. The van der Waals surface area contributed by atoms with Gasteiger partial charge in [0.05, 0.1) is 0 Å². The fraction of sp³-hybridized carbons (Fsp3) is 0.542. The number of nitrogens with zero attached hydrogens (tertiary/aromatic N) is 2. The Hall–Kier alpha value is -2.83. The van der Waals surface area contributed by atoms with E-state index in [4.69, 9.17) is 0 Å². The van der Waals surface area contributed by atoms with Crippen LogP contribution in [0.1, 0.15) is 56.9 Å². The molecule has 0 bridgehead atoms. The van der Waals surface area contributed by atoms with Gasteiger partial charge >= 0.3 is 6.03 Å². The van der Waals surface area contributed by atoms with Gasteiger partial charge < -0.3 is 15.2 Å². The number of carbonyl (C=O) groups excluding carboxylic acids is 3. The maximum Gasteiger partial charge on any atom is 0.325 e. The van der Waals surface area contributed by atoms with Crippen molar-refractivity contribution in [2.75, 3.05) is 19.6 Å². The molecule has 1 aromatic heterocycles. The Morgan fingerprint density at radius 3 is 2.68 bits per heavy atom. The molecule has 164 valence electrons. The molecular weight excluding hydrogens is 392 g/mol. The lowest BCUT2D eigenvalue weighted by molar-refractivity contribution is -0.141. The van der Waals surface area contributed by atoms with Crippen LogP contribution in [0, 0.1) is 5.92 Å². The molecular formula is C24H30N4O3. The summed E-state index contributed by atoms with van der Waals surface area (Å²) in [5.41, 5.74) is 1.64. The molecule has 7 heteroatoms. The van der Waals surface area contributed by atoms with E-state index in [1.54, 1.807) is 4.90 Å². The molecule has 5 rings (SSSR count). The van der Waals surface area contributed by atoms with Gasteiger partial charge in [-0.1, -0.05) is 38.0 Å². The molecule has 3 fully saturated rings. The number of carbonyl (C=O) groups is 3. The second-order valence-corrected chi connectivity index (χ2v) is 9.38. The first-order chi connectivity index (χ1) is 15.0. The van der Waals surface area contributed by atoms with Gasteiger partial charge in [0.25, 0.3) is 5.91 Å². The molecule has 1 aromatic carbocycles. The van der Waals surface area contributed by atoms with Crippen molar-refractivity contribution in [1.29, 1.82) is 0 Å². The Morgan fingerprint density at radius 2 is 1.90 bits per heavy atom. The van der Waals surface area contributed by atoms with E-state index in [9.17, 15) is 14.4 Å². The van der Waals surface area contributed by atoms with Crippen LogP contribution in [0.3, 0.4) is 0 Å². The van der Waals surface area contributed by atoms with Crippen molar-refractivity contribution >= 4 is 28.7 Å². The van der Waals surface area contributed by atoms with E-state index in [2.05, 4.69) is 34.7 Å². The fourth-order valence-electron chi connectivity index (χ4n) is 5.75. The average Bonchev–Trinajstić information content (AvgIpc) is 3.31. The van der Waals surface area contributed by atoms with E-state index < -0.39 is 11.6 Å². The number of piperidine rings is 1. The molecule has 2 aliphatic heterocycles. The highest BCUT2D eigenvalue weighted by Crippen LogP contribution is 2.38. The monoisotopic (exact) mass is 422 g/mol. The third-order valence-corrected chi connectivity index (χ3v) is 7.70. The third kappa shape index (κ3) is 3.30. The minimum absolute atomic E-state index is 0.102. The lowest BCUT2D eigenvalue weighted by Crippen LogP contribution is -2.54. The molecule has 1 aliphatic carbocycles. The number of imide groups is 1. The zero-order chi connectivity index (χ0) is 21.6. The number of likely N-dealkylation sites (tertiary alicyclic amines) is 1. The Labute approximate surface area is 182 Å². The summed E-state index contributed by atoms with van der Waals surface area (Å²) in [5, 5.41) is 4.18. The zero-order valence-electron chi connectivity index (χ0n) is 18.0. The van der Waals surface area contributed by atoms with Crippen LogP contribution in [-0.4, -0.2) is 57.8 Å². The molecule has 4 amide bonds. The van der Waals surface area contributed by atoms with Gasteiger partial charge in [0.1, 0.15) is 12.1 Å².